The summed E-state index contributed by atoms with van der Waals surface area (Å²) in [5.41, 5.74) is 1.05. The van der Waals surface area contributed by atoms with E-state index in [1.54, 1.807) is 0 Å². The summed E-state index contributed by atoms with van der Waals surface area (Å²) in [4.78, 5) is 23.9. The molecule has 0 spiro atoms. The Morgan fingerprint density at radius 1 is 0.656 bits per heavy atom. The lowest BCUT2D eigenvalue weighted by atomic mass is 10.1. The van der Waals surface area contributed by atoms with Gasteiger partial charge in [-0.05, 0) is 30.9 Å². The second-order valence-corrected chi connectivity index (χ2v) is 8.79. The fourth-order valence-corrected chi connectivity index (χ4v) is 3.83. The van der Waals surface area contributed by atoms with E-state index < -0.39 is 0 Å². The minimum Gasteiger partial charge on any atom is -0.466 e. The summed E-state index contributed by atoms with van der Waals surface area (Å²) in [6, 6.07) is 7.63. The lowest BCUT2D eigenvalue weighted by Crippen LogP contribution is -2.11. The monoisotopic (exact) mass is 446 g/mol. The number of carbonyl (C=O) groups is 2. The maximum Gasteiger partial charge on any atom is 0.311 e. The second-order valence-electron chi connectivity index (χ2n) is 8.79. The number of para-hydroxylation sites is 1. The van der Waals surface area contributed by atoms with E-state index in [2.05, 4.69) is 13.8 Å². The molecule has 0 unspecified atom stereocenters. The van der Waals surface area contributed by atoms with E-state index in [1.807, 2.05) is 24.3 Å². The van der Waals surface area contributed by atoms with Gasteiger partial charge in [-0.3, -0.25) is 9.59 Å². The van der Waals surface area contributed by atoms with Crippen LogP contribution in [-0.4, -0.2) is 18.5 Å². The molecule has 0 aliphatic heterocycles. The van der Waals surface area contributed by atoms with Crippen LogP contribution in [0.5, 0.6) is 5.75 Å². The van der Waals surface area contributed by atoms with Crippen molar-refractivity contribution in [3.8, 4) is 5.75 Å². The Labute approximate surface area is 196 Å². The van der Waals surface area contributed by atoms with Crippen LogP contribution in [0.2, 0.25) is 0 Å². The molecule has 4 nitrogen and oxygen atoms in total. The molecular weight excluding hydrogens is 400 g/mol. The van der Waals surface area contributed by atoms with E-state index >= 15 is 0 Å². The molecule has 0 saturated carbocycles. The predicted octanol–water partition coefficient (Wildman–Crippen LogP) is 7.96. The highest BCUT2D eigenvalue weighted by Crippen LogP contribution is 2.20. The third-order valence-electron chi connectivity index (χ3n) is 5.74. The van der Waals surface area contributed by atoms with E-state index in [0.29, 0.717) is 18.8 Å². The molecule has 182 valence electrons. The van der Waals surface area contributed by atoms with Gasteiger partial charge in [0, 0.05) is 12.8 Å². The van der Waals surface area contributed by atoms with Crippen LogP contribution >= 0.6 is 0 Å². The molecule has 0 heterocycles. The van der Waals surface area contributed by atoms with E-state index in [9.17, 15) is 9.59 Å². The van der Waals surface area contributed by atoms with Gasteiger partial charge in [-0.25, -0.2) is 0 Å². The zero-order chi connectivity index (χ0) is 23.3. The quantitative estimate of drug-likeness (QED) is 0.116. The van der Waals surface area contributed by atoms with Crippen molar-refractivity contribution in [1.82, 2.24) is 0 Å². The molecule has 0 saturated heterocycles. The van der Waals surface area contributed by atoms with E-state index in [0.717, 1.165) is 31.2 Å². The number of unbranched alkanes of at least 4 members (excludes halogenated alkanes) is 11. The highest BCUT2D eigenvalue weighted by atomic mass is 16.5. The topological polar surface area (TPSA) is 52.6 Å². The van der Waals surface area contributed by atoms with Gasteiger partial charge in [-0.15, -0.1) is 0 Å². The van der Waals surface area contributed by atoms with E-state index in [-0.39, 0.29) is 24.8 Å². The molecule has 1 aromatic carbocycles. The second kappa shape index (κ2) is 19.8. The highest BCUT2D eigenvalue weighted by Gasteiger charge is 2.10. The Balaban J connectivity index is 1.95. The summed E-state index contributed by atoms with van der Waals surface area (Å²) in [5, 5.41) is 0. The number of aryl methyl sites for hydroxylation is 1. The standard InChI is InChI=1S/C28H46O4/c1-3-5-6-7-8-9-10-11-12-13-14-17-24-31-27(29)22-18-23-28(30)32-26-21-16-15-20-25(26)19-4-2/h15-16,20-21H,3-14,17-19,22-24H2,1-2H3. The molecule has 0 atom stereocenters. The van der Waals surface area contributed by atoms with Gasteiger partial charge in [0.2, 0.25) is 0 Å². The van der Waals surface area contributed by atoms with Crippen LogP contribution in [0.15, 0.2) is 24.3 Å². The number of rotatable bonds is 20. The Morgan fingerprint density at radius 3 is 1.84 bits per heavy atom. The fourth-order valence-electron chi connectivity index (χ4n) is 3.83. The van der Waals surface area contributed by atoms with Crippen LogP contribution in [0.3, 0.4) is 0 Å². The van der Waals surface area contributed by atoms with Crippen molar-refractivity contribution in [3.05, 3.63) is 29.8 Å². The predicted molar refractivity (Wildman–Crippen MR) is 132 cm³/mol. The van der Waals surface area contributed by atoms with Crippen LogP contribution in [0.25, 0.3) is 0 Å². The Hall–Kier alpha value is -1.84. The zero-order valence-electron chi connectivity index (χ0n) is 20.7. The maximum atomic E-state index is 12.1. The van der Waals surface area contributed by atoms with Gasteiger partial charge in [0.05, 0.1) is 6.61 Å². The highest BCUT2D eigenvalue weighted by molar-refractivity contribution is 5.74. The molecule has 4 heteroatoms. The van der Waals surface area contributed by atoms with Crippen LogP contribution in [0.1, 0.15) is 122 Å². The number of ether oxygens (including phenoxy) is 2. The molecule has 0 aliphatic rings. The minimum atomic E-state index is -0.290. The number of benzene rings is 1. The van der Waals surface area contributed by atoms with Crippen molar-refractivity contribution in [2.45, 2.75) is 123 Å². The molecule has 1 rings (SSSR count). The SMILES string of the molecule is CCCCCCCCCCCCCCOC(=O)CCCC(=O)Oc1ccccc1CCC. The van der Waals surface area contributed by atoms with E-state index in [4.69, 9.17) is 9.47 Å². The summed E-state index contributed by atoms with van der Waals surface area (Å²) >= 11 is 0. The number of carbonyl (C=O) groups excluding carboxylic acids is 2. The first-order valence-electron chi connectivity index (χ1n) is 13.1. The van der Waals surface area contributed by atoms with Gasteiger partial charge >= 0.3 is 11.9 Å². The van der Waals surface area contributed by atoms with E-state index in [1.165, 1.54) is 64.2 Å². The lowest BCUT2D eigenvalue weighted by molar-refractivity contribution is -0.144. The minimum absolute atomic E-state index is 0.216. The number of esters is 2. The largest absolute Gasteiger partial charge is 0.466 e. The third kappa shape index (κ3) is 15.0. The van der Waals surface area contributed by atoms with Crippen molar-refractivity contribution in [2.75, 3.05) is 6.61 Å². The lowest BCUT2D eigenvalue weighted by Gasteiger charge is -2.09. The van der Waals surface area contributed by atoms with Crippen LogP contribution in [0, 0.1) is 0 Å². The van der Waals surface area contributed by atoms with Crippen molar-refractivity contribution >= 4 is 11.9 Å². The molecule has 0 aliphatic carbocycles. The first-order valence-corrected chi connectivity index (χ1v) is 13.1. The van der Waals surface area contributed by atoms with Gasteiger partial charge in [0.25, 0.3) is 0 Å². The smallest absolute Gasteiger partial charge is 0.311 e. The van der Waals surface area contributed by atoms with Crippen molar-refractivity contribution in [2.24, 2.45) is 0 Å². The molecule has 0 bridgehead atoms. The van der Waals surface area contributed by atoms with Gasteiger partial charge in [0.1, 0.15) is 5.75 Å². The summed E-state index contributed by atoms with van der Waals surface area (Å²) in [6.07, 6.45) is 18.3. The third-order valence-corrected chi connectivity index (χ3v) is 5.74. The number of hydrogen-bond donors (Lipinski definition) is 0. The molecule has 32 heavy (non-hydrogen) atoms. The molecule has 0 amide bonds. The van der Waals surface area contributed by atoms with Gasteiger partial charge in [0.15, 0.2) is 0 Å². The average Bonchev–Trinajstić information content (AvgIpc) is 2.78. The Kier molecular flexibility index (Phi) is 17.5. The van der Waals surface area contributed by atoms with Gasteiger partial charge in [-0.2, -0.15) is 0 Å². The summed E-state index contributed by atoms with van der Waals surface area (Å²) < 4.78 is 10.8. The zero-order valence-corrected chi connectivity index (χ0v) is 20.7. The van der Waals surface area contributed by atoms with Gasteiger partial charge in [-0.1, -0.05) is 109 Å². The average molecular weight is 447 g/mol. The molecule has 0 radical (unpaired) electrons. The Bertz CT molecular complexity index is 611. The van der Waals surface area contributed by atoms with Gasteiger partial charge < -0.3 is 9.47 Å². The molecule has 1 aromatic rings. The molecule has 0 aromatic heterocycles. The number of hydrogen-bond acceptors (Lipinski definition) is 4. The molecular formula is C28H46O4. The summed E-state index contributed by atoms with van der Waals surface area (Å²) in [7, 11) is 0. The summed E-state index contributed by atoms with van der Waals surface area (Å²) in [6.45, 7) is 4.85. The molecule has 0 N–H and O–H groups in total. The normalized spacial score (nSPS) is 10.8. The van der Waals surface area contributed by atoms with Crippen molar-refractivity contribution in [1.29, 1.82) is 0 Å². The van der Waals surface area contributed by atoms with Crippen LogP contribution < -0.4 is 4.74 Å². The van der Waals surface area contributed by atoms with Crippen molar-refractivity contribution < 1.29 is 19.1 Å². The fraction of sp³-hybridized carbons (Fsp3) is 0.714. The first-order chi connectivity index (χ1) is 15.7. The molecule has 0 fully saturated rings. The van der Waals surface area contributed by atoms with Crippen LogP contribution in [-0.2, 0) is 20.7 Å². The van der Waals surface area contributed by atoms with Crippen LogP contribution in [0.4, 0.5) is 0 Å². The summed E-state index contributed by atoms with van der Waals surface area (Å²) in [5.74, 6) is 0.128. The first kappa shape index (κ1) is 28.2. The Morgan fingerprint density at radius 2 is 1.22 bits per heavy atom. The maximum absolute atomic E-state index is 12.1. The van der Waals surface area contributed by atoms with Crippen molar-refractivity contribution in [3.63, 3.8) is 0 Å².